The number of carbonyl (C=O) groups is 6. The topological polar surface area (TPSA) is 255 Å². The Morgan fingerprint density at radius 1 is 0.927 bits per heavy atom. The van der Waals surface area contributed by atoms with Gasteiger partial charge in [-0.1, -0.05) is 17.7 Å². The van der Waals surface area contributed by atoms with E-state index in [4.69, 9.17) is 16.3 Å². The van der Waals surface area contributed by atoms with E-state index in [1.54, 1.807) is 0 Å². The van der Waals surface area contributed by atoms with E-state index in [9.17, 15) is 71.8 Å². The van der Waals surface area contributed by atoms with E-state index >= 15 is 0 Å². The molecular weight excluding hydrogens is 769 g/mol. The van der Waals surface area contributed by atoms with Crippen molar-refractivity contribution in [2.24, 2.45) is 0 Å². The third-order valence-corrected chi connectivity index (χ3v) is 8.88. The fourth-order valence-corrected chi connectivity index (χ4v) is 6.02. The van der Waals surface area contributed by atoms with Crippen LogP contribution in [0.3, 0.4) is 0 Å². The zero-order valence-corrected chi connectivity index (χ0v) is 28.5. The second-order valence-electron chi connectivity index (χ2n) is 12.0. The molecule has 2 heterocycles. The number of nitrogens with zero attached hydrogens (tertiary/aromatic N) is 2. The fraction of sp³-hybridized carbons (Fsp3) is 0.250. The summed E-state index contributed by atoms with van der Waals surface area (Å²) in [6, 6.07) is -0.0388. The lowest BCUT2D eigenvalue weighted by atomic mass is 9.72. The van der Waals surface area contributed by atoms with E-state index in [1.165, 1.54) is 0 Å². The average Bonchev–Trinajstić information content (AvgIpc) is 3.11. The van der Waals surface area contributed by atoms with Gasteiger partial charge in [-0.05, 0) is 30.5 Å². The maximum absolute atomic E-state index is 14.6. The Balaban J connectivity index is 1.27. The molecule has 0 aliphatic carbocycles. The van der Waals surface area contributed by atoms with Crippen molar-refractivity contribution in [2.45, 2.75) is 24.8 Å². The highest BCUT2D eigenvalue weighted by Crippen LogP contribution is 2.41. The van der Waals surface area contributed by atoms with E-state index in [1.807, 2.05) is 0 Å². The number of hydrogen-bond donors (Lipinski definition) is 8. The van der Waals surface area contributed by atoms with Crippen LogP contribution in [-0.4, -0.2) is 110 Å². The first kappa shape index (κ1) is 39.9. The van der Waals surface area contributed by atoms with Crippen LogP contribution in [0.15, 0.2) is 30.3 Å². The highest BCUT2D eigenvalue weighted by Gasteiger charge is 2.42. The van der Waals surface area contributed by atoms with E-state index in [2.05, 4.69) is 16.0 Å². The molecule has 0 aromatic heterocycles. The van der Waals surface area contributed by atoms with Crippen molar-refractivity contribution in [2.75, 3.05) is 26.2 Å². The van der Waals surface area contributed by atoms with Crippen LogP contribution in [0.4, 0.5) is 22.4 Å². The van der Waals surface area contributed by atoms with Crippen molar-refractivity contribution in [3.05, 3.63) is 80.9 Å². The van der Waals surface area contributed by atoms with Crippen LogP contribution in [-0.2, 0) is 20.8 Å². The molecule has 17 nitrogen and oxygen atoms in total. The number of phenols is 3. The predicted molar refractivity (Wildman–Crippen MR) is 177 cm³/mol. The van der Waals surface area contributed by atoms with Gasteiger partial charge in [-0.3, -0.25) is 24.1 Å². The summed E-state index contributed by atoms with van der Waals surface area (Å²) in [4.78, 5) is 78.2. The quantitative estimate of drug-likeness (QED) is 0.0472. The zero-order chi connectivity index (χ0) is 40.5. The number of hydrogen-bond acceptors (Lipinski definition) is 11. The van der Waals surface area contributed by atoms with Crippen molar-refractivity contribution in [3.8, 4) is 23.0 Å². The number of halogens is 5. The Labute approximate surface area is 311 Å². The van der Waals surface area contributed by atoms with Crippen molar-refractivity contribution in [3.63, 3.8) is 0 Å². The molecule has 0 unspecified atom stereocenters. The number of aromatic hydroxyl groups is 3. The number of amides is 6. The number of carbonyl (C=O) groups excluding carboxylic acids is 5. The van der Waals surface area contributed by atoms with Gasteiger partial charge in [-0.2, -0.15) is 0 Å². The highest BCUT2D eigenvalue weighted by molar-refractivity contribution is 6.47. The number of carboxylic acids is 1. The van der Waals surface area contributed by atoms with Crippen LogP contribution in [0.5, 0.6) is 23.0 Å². The van der Waals surface area contributed by atoms with Gasteiger partial charge in [0.2, 0.25) is 5.91 Å². The molecular formula is C32H27BClF4N5O12. The van der Waals surface area contributed by atoms with Gasteiger partial charge >= 0.3 is 30.9 Å². The monoisotopic (exact) mass is 795 g/mol. The van der Waals surface area contributed by atoms with Crippen LogP contribution in [0.25, 0.3) is 0 Å². The molecule has 55 heavy (non-hydrogen) atoms. The highest BCUT2D eigenvalue weighted by atomic mass is 35.5. The molecule has 5 rings (SSSR count). The normalized spacial score (nSPS) is 15.9. The Morgan fingerprint density at radius 2 is 1.60 bits per heavy atom. The van der Waals surface area contributed by atoms with Gasteiger partial charge in [0.15, 0.2) is 17.3 Å². The molecule has 0 bridgehead atoms. The predicted octanol–water partition coefficient (Wildman–Crippen LogP) is 1.09. The van der Waals surface area contributed by atoms with E-state index in [-0.39, 0.29) is 38.0 Å². The number of phenolic OH excluding ortho intramolecular Hbond substituents is 3. The van der Waals surface area contributed by atoms with Crippen LogP contribution in [0.2, 0.25) is 5.02 Å². The zero-order valence-electron chi connectivity index (χ0n) is 27.7. The summed E-state index contributed by atoms with van der Waals surface area (Å²) in [5, 5.41) is 55.0. The number of benzene rings is 3. The first-order valence-corrected chi connectivity index (χ1v) is 16.3. The number of rotatable bonds is 10. The largest absolute Gasteiger partial charge is 0.547 e. The molecule has 2 atom stereocenters. The fourth-order valence-electron chi connectivity index (χ4n) is 5.76. The minimum atomic E-state index is -2.12. The van der Waals surface area contributed by atoms with Crippen molar-refractivity contribution >= 4 is 54.3 Å². The molecule has 0 spiro atoms. The second kappa shape index (κ2) is 16.0. The lowest BCUT2D eigenvalue weighted by Gasteiger charge is -2.34. The summed E-state index contributed by atoms with van der Waals surface area (Å²) in [5.74, 6) is -17.3. The lowest BCUT2D eigenvalue weighted by molar-refractivity contribution is -0.153. The molecule has 8 N–H and O–H groups in total. The lowest BCUT2D eigenvalue weighted by Crippen LogP contribution is -2.60. The molecule has 6 amide bonds. The van der Waals surface area contributed by atoms with Crippen molar-refractivity contribution < 1.29 is 76.4 Å². The number of piperazine rings is 1. The average molecular weight is 796 g/mol. The summed E-state index contributed by atoms with van der Waals surface area (Å²) in [7, 11) is -2.01. The van der Waals surface area contributed by atoms with Crippen LogP contribution in [0, 0.1) is 23.3 Å². The smallest absolute Gasteiger partial charge is 0.534 e. The molecule has 0 saturated carbocycles. The number of imide groups is 1. The Hall–Kier alpha value is -6.29. The van der Waals surface area contributed by atoms with Crippen LogP contribution in [0.1, 0.15) is 44.3 Å². The molecule has 3 aromatic carbocycles. The van der Waals surface area contributed by atoms with Crippen molar-refractivity contribution in [1.82, 2.24) is 25.8 Å². The van der Waals surface area contributed by atoms with Gasteiger partial charge in [0.25, 0.3) is 5.91 Å². The standard InChI is InChI=1S/C32H27BClF4N5O12/c34-22-14(11-18(38)24(45)25(22)46)23(28(48)40-19-8-12-2-3-15(35)21(31(51)52)26(12)55-33(19)54)41-32(53)43-7-6-42(29(49)30(43)50)5-1-4-39-27(47)20-16(36)9-13(44)10-17(20)37/h2-3,9-11,19,23,44-46,54H,1,4-8H2,(H,39,47)(H,40,48)(H,41,53)(H,51,52)/t19-,23+/m0/s1. The molecule has 1 saturated heterocycles. The van der Waals surface area contributed by atoms with Gasteiger partial charge in [0.05, 0.1) is 11.0 Å². The van der Waals surface area contributed by atoms with Crippen LogP contribution >= 0.6 is 11.6 Å². The van der Waals surface area contributed by atoms with Crippen LogP contribution < -0.4 is 20.6 Å². The molecule has 2 aliphatic heterocycles. The summed E-state index contributed by atoms with van der Waals surface area (Å²) in [5.41, 5.74) is -2.49. The van der Waals surface area contributed by atoms with Gasteiger partial charge in [0, 0.05) is 43.9 Å². The first-order valence-electron chi connectivity index (χ1n) is 15.9. The molecule has 0 radical (unpaired) electrons. The molecule has 2 aliphatic rings. The third kappa shape index (κ3) is 8.14. The Bertz CT molecular complexity index is 2110. The molecule has 3 aromatic rings. The number of nitrogens with one attached hydrogen (secondary N) is 3. The number of urea groups is 1. The van der Waals surface area contributed by atoms with E-state index < -0.39 is 129 Å². The summed E-state index contributed by atoms with van der Waals surface area (Å²) in [6.07, 6.45) is -0.391. The number of fused-ring (bicyclic) bond motifs is 1. The third-order valence-electron chi connectivity index (χ3n) is 8.49. The number of aromatic carboxylic acids is 1. The summed E-state index contributed by atoms with van der Waals surface area (Å²) in [6.45, 7) is -1.15. The Kier molecular flexibility index (Phi) is 11.6. The van der Waals surface area contributed by atoms with E-state index in [0.717, 1.165) is 17.0 Å². The Morgan fingerprint density at radius 3 is 2.25 bits per heavy atom. The number of carboxylic acid groups (broad SMARTS) is 1. The molecule has 1 fully saturated rings. The van der Waals surface area contributed by atoms with Gasteiger partial charge in [-0.25, -0.2) is 27.2 Å². The van der Waals surface area contributed by atoms with Gasteiger partial charge < -0.3 is 51.0 Å². The minimum Gasteiger partial charge on any atom is -0.534 e. The summed E-state index contributed by atoms with van der Waals surface area (Å²) >= 11 is 6.10. The maximum atomic E-state index is 14.6. The second-order valence-corrected chi connectivity index (χ2v) is 12.4. The van der Waals surface area contributed by atoms with Gasteiger partial charge in [0.1, 0.15) is 46.1 Å². The molecule has 290 valence electrons. The van der Waals surface area contributed by atoms with Gasteiger partial charge in [-0.15, -0.1) is 0 Å². The SMILES string of the molecule is O=C(NCCCN1CCN(C(=O)N[C@@H](C(=O)N[C@H]2Cc3ccc(F)c(C(=O)O)c3OB2O)c2cc(F)c(O)c(O)c2Cl)C(=O)C1=O)c1c(F)cc(O)cc1F. The summed E-state index contributed by atoms with van der Waals surface area (Å²) < 4.78 is 61.9. The van der Waals surface area contributed by atoms with E-state index in [0.29, 0.717) is 23.1 Å². The maximum Gasteiger partial charge on any atom is 0.547 e. The van der Waals surface area contributed by atoms with Crippen molar-refractivity contribution in [1.29, 1.82) is 0 Å². The first-order chi connectivity index (χ1) is 25.9. The molecule has 23 heteroatoms. The minimum absolute atomic E-state index is 0.0251.